The van der Waals surface area contributed by atoms with Crippen LogP contribution >= 0.6 is 0 Å². The van der Waals surface area contributed by atoms with Crippen molar-refractivity contribution in [3.63, 3.8) is 0 Å². The number of methoxy groups -OCH3 is 1. The summed E-state index contributed by atoms with van der Waals surface area (Å²) in [6, 6.07) is 19.7. The van der Waals surface area contributed by atoms with E-state index in [1.807, 2.05) is 30.3 Å². The Labute approximate surface area is 163 Å². The van der Waals surface area contributed by atoms with Gasteiger partial charge in [0.15, 0.2) is 0 Å². The van der Waals surface area contributed by atoms with Crippen LogP contribution in [-0.4, -0.2) is 30.5 Å². The van der Waals surface area contributed by atoms with Crippen LogP contribution < -0.4 is 15.4 Å². The van der Waals surface area contributed by atoms with Crippen LogP contribution in [0.4, 0.5) is 5.82 Å². The molecule has 0 saturated carbocycles. The molecule has 0 aliphatic heterocycles. The molecule has 0 aliphatic rings. The summed E-state index contributed by atoms with van der Waals surface area (Å²) in [5, 5.41) is 5.58. The summed E-state index contributed by atoms with van der Waals surface area (Å²) in [4.78, 5) is 28.7. The Morgan fingerprint density at radius 3 is 2.54 bits per heavy atom. The van der Waals surface area contributed by atoms with Gasteiger partial charge in [0.05, 0.1) is 7.11 Å². The predicted octanol–water partition coefficient (Wildman–Crippen LogP) is 3.32. The van der Waals surface area contributed by atoms with Crippen LogP contribution in [-0.2, 0) is 6.42 Å². The molecule has 6 heteroatoms. The van der Waals surface area contributed by atoms with E-state index in [2.05, 4.69) is 15.6 Å². The number of benzene rings is 2. The lowest BCUT2D eigenvalue weighted by atomic mass is 10.1. The van der Waals surface area contributed by atoms with Crippen LogP contribution in [0.15, 0.2) is 72.9 Å². The highest BCUT2D eigenvalue weighted by molar-refractivity contribution is 6.04. The smallest absolute Gasteiger partial charge is 0.256 e. The van der Waals surface area contributed by atoms with Gasteiger partial charge in [-0.25, -0.2) is 4.98 Å². The summed E-state index contributed by atoms with van der Waals surface area (Å²) < 4.78 is 5.20. The molecule has 0 atom stereocenters. The first-order valence-electron chi connectivity index (χ1n) is 8.89. The Hall–Kier alpha value is -3.67. The molecule has 2 amide bonds. The molecule has 0 fully saturated rings. The summed E-state index contributed by atoms with van der Waals surface area (Å²) in [7, 11) is 1.62. The summed E-state index contributed by atoms with van der Waals surface area (Å²) in [5.74, 6) is 0.621. The maximum absolute atomic E-state index is 12.4. The first kappa shape index (κ1) is 19.1. The minimum atomic E-state index is -0.274. The van der Waals surface area contributed by atoms with Crippen LogP contribution in [0.1, 0.15) is 26.3 Å². The van der Waals surface area contributed by atoms with E-state index in [1.54, 1.807) is 43.5 Å². The fourth-order valence-corrected chi connectivity index (χ4v) is 2.67. The number of aromatic nitrogens is 1. The van der Waals surface area contributed by atoms with Gasteiger partial charge in [0.1, 0.15) is 11.6 Å². The fourth-order valence-electron chi connectivity index (χ4n) is 2.67. The summed E-state index contributed by atoms with van der Waals surface area (Å²) in [6.45, 7) is 0.486. The Kier molecular flexibility index (Phi) is 6.36. The molecule has 0 saturated heterocycles. The molecular weight excluding hydrogens is 354 g/mol. The molecule has 3 rings (SSSR count). The average molecular weight is 375 g/mol. The monoisotopic (exact) mass is 375 g/mol. The first-order valence-corrected chi connectivity index (χ1v) is 8.89. The number of pyridine rings is 1. The van der Waals surface area contributed by atoms with Gasteiger partial charge in [0.2, 0.25) is 0 Å². The minimum absolute atomic E-state index is 0.222. The number of carbonyl (C=O) groups is 2. The van der Waals surface area contributed by atoms with Gasteiger partial charge < -0.3 is 15.4 Å². The standard InChI is InChI=1S/C22H21N3O3/c1-28-19-9-5-6-16(14-19)10-12-24-21(26)18-11-13-23-20(15-18)25-22(27)17-7-3-2-4-8-17/h2-9,11,13-15H,10,12H2,1H3,(H,24,26)(H,23,25,27). The third-order valence-corrected chi connectivity index (χ3v) is 4.13. The Bertz CT molecular complexity index is 958. The zero-order chi connectivity index (χ0) is 19.8. The van der Waals surface area contributed by atoms with Crippen LogP contribution in [0.5, 0.6) is 5.75 Å². The van der Waals surface area contributed by atoms with Gasteiger partial charge in [-0.2, -0.15) is 0 Å². The fraction of sp³-hybridized carbons (Fsp3) is 0.136. The van der Waals surface area contributed by atoms with Crippen molar-refractivity contribution in [3.8, 4) is 5.75 Å². The average Bonchev–Trinajstić information content (AvgIpc) is 2.74. The maximum Gasteiger partial charge on any atom is 0.256 e. The van der Waals surface area contributed by atoms with Crippen LogP contribution in [0.3, 0.4) is 0 Å². The summed E-state index contributed by atoms with van der Waals surface area (Å²) in [6.07, 6.45) is 2.18. The number of hydrogen-bond acceptors (Lipinski definition) is 4. The Balaban J connectivity index is 1.57. The third-order valence-electron chi connectivity index (χ3n) is 4.13. The van der Waals surface area contributed by atoms with Gasteiger partial charge in [-0.3, -0.25) is 9.59 Å². The molecule has 2 aromatic carbocycles. The number of nitrogens with one attached hydrogen (secondary N) is 2. The van der Waals surface area contributed by atoms with Gasteiger partial charge in [0, 0.05) is 23.9 Å². The predicted molar refractivity (Wildman–Crippen MR) is 108 cm³/mol. The number of rotatable bonds is 7. The highest BCUT2D eigenvalue weighted by Gasteiger charge is 2.10. The number of nitrogens with zero attached hydrogens (tertiary/aromatic N) is 1. The van der Waals surface area contributed by atoms with E-state index in [4.69, 9.17) is 4.74 Å². The molecule has 0 radical (unpaired) electrons. The van der Waals surface area contributed by atoms with Gasteiger partial charge in [-0.05, 0) is 48.4 Å². The third kappa shape index (κ3) is 5.17. The van der Waals surface area contributed by atoms with Gasteiger partial charge in [-0.1, -0.05) is 30.3 Å². The van der Waals surface area contributed by atoms with E-state index < -0.39 is 0 Å². The van der Waals surface area contributed by atoms with E-state index in [0.717, 1.165) is 11.3 Å². The van der Waals surface area contributed by atoms with Crippen molar-refractivity contribution in [2.75, 3.05) is 19.0 Å². The highest BCUT2D eigenvalue weighted by Crippen LogP contribution is 2.13. The number of anilines is 1. The molecule has 2 N–H and O–H groups in total. The van der Waals surface area contributed by atoms with Crippen molar-refractivity contribution in [1.29, 1.82) is 0 Å². The number of ether oxygens (including phenoxy) is 1. The Morgan fingerprint density at radius 1 is 0.929 bits per heavy atom. The minimum Gasteiger partial charge on any atom is -0.497 e. The second-order valence-corrected chi connectivity index (χ2v) is 6.11. The molecule has 0 spiro atoms. The normalized spacial score (nSPS) is 10.2. The SMILES string of the molecule is COc1cccc(CCNC(=O)c2ccnc(NC(=O)c3ccccc3)c2)c1. The summed E-state index contributed by atoms with van der Waals surface area (Å²) in [5.41, 5.74) is 2.03. The first-order chi connectivity index (χ1) is 13.7. The molecule has 1 heterocycles. The lowest BCUT2D eigenvalue weighted by Crippen LogP contribution is -2.26. The molecule has 3 aromatic rings. The van der Waals surface area contributed by atoms with E-state index in [1.165, 1.54) is 6.20 Å². The number of amides is 2. The molecule has 1 aromatic heterocycles. The van der Waals surface area contributed by atoms with Crippen molar-refractivity contribution in [1.82, 2.24) is 10.3 Å². The molecule has 0 bridgehead atoms. The van der Waals surface area contributed by atoms with Crippen molar-refractivity contribution in [2.45, 2.75) is 6.42 Å². The van der Waals surface area contributed by atoms with E-state index in [0.29, 0.717) is 29.9 Å². The van der Waals surface area contributed by atoms with Crippen molar-refractivity contribution in [3.05, 3.63) is 89.6 Å². The second-order valence-electron chi connectivity index (χ2n) is 6.11. The molecule has 0 unspecified atom stereocenters. The van der Waals surface area contributed by atoms with Crippen molar-refractivity contribution < 1.29 is 14.3 Å². The van der Waals surface area contributed by atoms with Gasteiger partial charge in [0.25, 0.3) is 11.8 Å². The van der Waals surface area contributed by atoms with Gasteiger partial charge in [-0.15, -0.1) is 0 Å². The zero-order valence-corrected chi connectivity index (χ0v) is 15.5. The zero-order valence-electron chi connectivity index (χ0n) is 15.5. The molecule has 6 nitrogen and oxygen atoms in total. The molecule has 28 heavy (non-hydrogen) atoms. The van der Waals surface area contributed by atoms with Gasteiger partial charge >= 0.3 is 0 Å². The second kappa shape index (κ2) is 9.32. The lowest BCUT2D eigenvalue weighted by Gasteiger charge is -2.08. The molecule has 142 valence electrons. The van der Waals surface area contributed by atoms with Crippen LogP contribution in [0.2, 0.25) is 0 Å². The molecular formula is C22H21N3O3. The van der Waals surface area contributed by atoms with E-state index in [-0.39, 0.29) is 11.8 Å². The van der Waals surface area contributed by atoms with Crippen molar-refractivity contribution in [2.24, 2.45) is 0 Å². The van der Waals surface area contributed by atoms with Crippen molar-refractivity contribution >= 4 is 17.6 Å². The van der Waals surface area contributed by atoms with Crippen LogP contribution in [0.25, 0.3) is 0 Å². The van der Waals surface area contributed by atoms with E-state index in [9.17, 15) is 9.59 Å². The number of carbonyl (C=O) groups excluding carboxylic acids is 2. The lowest BCUT2D eigenvalue weighted by molar-refractivity contribution is 0.0952. The largest absolute Gasteiger partial charge is 0.497 e. The van der Waals surface area contributed by atoms with E-state index >= 15 is 0 Å². The summed E-state index contributed by atoms with van der Waals surface area (Å²) >= 11 is 0. The molecule has 0 aliphatic carbocycles. The number of hydrogen-bond donors (Lipinski definition) is 2. The quantitative estimate of drug-likeness (QED) is 0.664. The Morgan fingerprint density at radius 2 is 1.75 bits per heavy atom. The maximum atomic E-state index is 12.4. The highest BCUT2D eigenvalue weighted by atomic mass is 16.5. The topological polar surface area (TPSA) is 80.3 Å². The van der Waals surface area contributed by atoms with Crippen LogP contribution in [0, 0.1) is 0 Å².